The van der Waals surface area contributed by atoms with Crippen LogP contribution in [0.2, 0.25) is 0 Å². The van der Waals surface area contributed by atoms with Crippen LogP contribution in [0.25, 0.3) is 0 Å². The van der Waals surface area contributed by atoms with Crippen molar-refractivity contribution in [1.29, 1.82) is 0 Å². The van der Waals surface area contributed by atoms with Crippen LogP contribution >= 0.6 is 0 Å². The van der Waals surface area contributed by atoms with Gasteiger partial charge in [0.25, 0.3) is 0 Å². The van der Waals surface area contributed by atoms with Crippen LogP contribution in [0.4, 0.5) is 30.6 Å². The third-order valence-corrected chi connectivity index (χ3v) is 7.20. The molecule has 37 heavy (non-hydrogen) atoms. The summed E-state index contributed by atoms with van der Waals surface area (Å²) in [6.07, 6.45) is 4.06. The molecule has 0 spiro atoms. The molecular formula is C25H37F3N8O. The van der Waals surface area contributed by atoms with Crippen molar-refractivity contribution in [3.05, 3.63) is 23.7 Å². The van der Waals surface area contributed by atoms with Crippen molar-refractivity contribution in [3.63, 3.8) is 0 Å². The first-order valence-electron chi connectivity index (χ1n) is 13.3. The molecule has 2 fully saturated rings. The number of aryl methyl sites for hydroxylation is 1. The highest BCUT2D eigenvalue weighted by Crippen LogP contribution is 2.34. The van der Waals surface area contributed by atoms with Crippen LogP contribution in [-0.2, 0) is 11.0 Å². The molecule has 12 heteroatoms. The molecule has 2 aromatic heterocycles. The van der Waals surface area contributed by atoms with Crippen molar-refractivity contribution in [1.82, 2.24) is 29.5 Å². The number of carbonyl (C=O) groups is 1. The molecule has 0 unspecified atom stereocenters. The van der Waals surface area contributed by atoms with E-state index in [1.54, 1.807) is 4.90 Å². The van der Waals surface area contributed by atoms with Gasteiger partial charge in [-0.2, -0.15) is 23.3 Å². The summed E-state index contributed by atoms with van der Waals surface area (Å²) >= 11 is 0. The summed E-state index contributed by atoms with van der Waals surface area (Å²) in [7, 11) is 0. The number of nitrogens with one attached hydrogen (secondary N) is 2. The molecule has 0 radical (unpaired) electrons. The lowest BCUT2D eigenvalue weighted by molar-refractivity contribution is -0.137. The van der Waals surface area contributed by atoms with Gasteiger partial charge in [0, 0.05) is 51.5 Å². The lowest BCUT2D eigenvalue weighted by Gasteiger charge is -2.31. The Kier molecular flexibility index (Phi) is 8.88. The fraction of sp³-hybridized carbons (Fsp3) is 0.680. The Morgan fingerprint density at radius 2 is 1.92 bits per heavy atom. The zero-order valence-corrected chi connectivity index (χ0v) is 21.6. The van der Waals surface area contributed by atoms with E-state index >= 15 is 0 Å². The summed E-state index contributed by atoms with van der Waals surface area (Å²) in [5.74, 6) is -0.0836. The number of nitrogens with zero attached hydrogens (tertiary/aromatic N) is 6. The van der Waals surface area contributed by atoms with E-state index in [0.29, 0.717) is 37.7 Å². The minimum Gasteiger partial charge on any atom is -0.369 e. The van der Waals surface area contributed by atoms with Gasteiger partial charge in [-0.3, -0.25) is 9.48 Å². The Balaban J connectivity index is 1.41. The molecular weight excluding hydrogens is 485 g/mol. The van der Waals surface area contributed by atoms with Gasteiger partial charge >= 0.3 is 6.18 Å². The topological polar surface area (TPSA) is 91.2 Å². The van der Waals surface area contributed by atoms with Crippen molar-refractivity contribution in [2.45, 2.75) is 71.0 Å². The molecule has 204 valence electrons. The third-order valence-electron chi connectivity index (χ3n) is 7.20. The first kappa shape index (κ1) is 27.2. The molecule has 4 rings (SSSR count). The highest BCUT2D eigenvalue weighted by atomic mass is 19.4. The maximum absolute atomic E-state index is 13.6. The van der Waals surface area contributed by atoms with Crippen molar-refractivity contribution in [3.8, 4) is 0 Å². The van der Waals surface area contributed by atoms with Crippen molar-refractivity contribution < 1.29 is 18.0 Å². The van der Waals surface area contributed by atoms with E-state index < -0.39 is 11.7 Å². The predicted molar refractivity (Wildman–Crippen MR) is 136 cm³/mol. The number of hydrogen-bond acceptors (Lipinski definition) is 7. The van der Waals surface area contributed by atoms with Gasteiger partial charge in [0.05, 0.1) is 17.4 Å². The predicted octanol–water partition coefficient (Wildman–Crippen LogP) is 4.61. The number of carbonyl (C=O) groups excluding carboxylic acids is 1. The Labute approximate surface area is 215 Å². The molecule has 2 aromatic rings. The number of aromatic nitrogens is 4. The fourth-order valence-electron chi connectivity index (χ4n) is 4.95. The molecule has 1 amide bonds. The average molecular weight is 523 g/mol. The van der Waals surface area contributed by atoms with E-state index in [-0.39, 0.29) is 24.2 Å². The van der Waals surface area contributed by atoms with Crippen LogP contribution < -0.4 is 10.6 Å². The summed E-state index contributed by atoms with van der Waals surface area (Å²) in [4.78, 5) is 24.5. The molecule has 4 heterocycles. The maximum atomic E-state index is 13.6. The second kappa shape index (κ2) is 12.1. The minimum absolute atomic E-state index is 0.0710. The Morgan fingerprint density at radius 1 is 1.14 bits per heavy atom. The van der Waals surface area contributed by atoms with Gasteiger partial charge in [-0.15, -0.1) is 0 Å². The van der Waals surface area contributed by atoms with Crippen molar-refractivity contribution in [2.24, 2.45) is 0 Å². The SMILES string of the molecule is CCN1CCC(n2cc(Nc3ncc(C(F)(F)F)c(NCCCN4CCCCCC4=O)n3)c(C)n2)CC1. The molecule has 0 atom stereocenters. The van der Waals surface area contributed by atoms with Crippen LogP contribution in [0.1, 0.15) is 69.2 Å². The fourth-order valence-corrected chi connectivity index (χ4v) is 4.95. The monoisotopic (exact) mass is 522 g/mol. The third kappa shape index (κ3) is 7.12. The number of halogens is 3. The quantitative estimate of drug-likeness (QED) is 0.465. The van der Waals surface area contributed by atoms with Gasteiger partial charge in [-0.25, -0.2) is 4.98 Å². The molecule has 0 aliphatic carbocycles. The molecule has 2 aliphatic rings. The molecule has 9 nitrogen and oxygen atoms in total. The highest BCUT2D eigenvalue weighted by molar-refractivity contribution is 5.76. The van der Waals surface area contributed by atoms with Gasteiger partial charge in [-0.1, -0.05) is 13.3 Å². The zero-order valence-electron chi connectivity index (χ0n) is 21.6. The lowest BCUT2D eigenvalue weighted by Crippen LogP contribution is -2.34. The van der Waals surface area contributed by atoms with E-state index in [2.05, 4.69) is 37.5 Å². The molecule has 2 saturated heterocycles. The zero-order chi connectivity index (χ0) is 26.4. The summed E-state index contributed by atoms with van der Waals surface area (Å²) in [5.41, 5.74) is 0.486. The maximum Gasteiger partial charge on any atom is 0.421 e. The number of amides is 1. The van der Waals surface area contributed by atoms with Gasteiger partial charge in [0.15, 0.2) is 0 Å². The molecule has 0 aromatic carbocycles. The van der Waals surface area contributed by atoms with E-state index in [9.17, 15) is 18.0 Å². The van der Waals surface area contributed by atoms with Crippen LogP contribution in [-0.4, -0.2) is 74.7 Å². The van der Waals surface area contributed by atoms with E-state index in [1.165, 1.54) is 0 Å². The molecule has 0 saturated carbocycles. The lowest BCUT2D eigenvalue weighted by atomic mass is 10.1. The number of anilines is 3. The number of likely N-dealkylation sites (tertiary alicyclic amines) is 2. The van der Waals surface area contributed by atoms with Gasteiger partial charge in [0.1, 0.15) is 11.4 Å². The van der Waals surface area contributed by atoms with Crippen LogP contribution in [0, 0.1) is 6.92 Å². The van der Waals surface area contributed by atoms with Crippen molar-refractivity contribution >= 4 is 23.4 Å². The summed E-state index contributed by atoms with van der Waals surface area (Å²) in [6.45, 7) is 8.57. The number of piperidine rings is 1. The van der Waals surface area contributed by atoms with E-state index in [1.807, 2.05) is 17.8 Å². The van der Waals surface area contributed by atoms with Crippen LogP contribution in [0.5, 0.6) is 0 Å². The standard InChI is InChI=1S/C25H37F3N8O/c1-3-34-14-9-19(10-15-34)36-17-21(18(2)33-36)31-24-30-16-20(25(26,27)28)23(32-24)29-11-7-13-35-12-6-4-5-8-22(35)37/h16-17,19H,3-15H2,1-2H3,(H2,29,30,31,32). The number of alkyl halides is 3. The van der Waals surface area contributed by atoms with E-state index in [0.717, 1.165) is 63.6 Å². The summed E-state index contributed by atoms with van der Waals surface area (Å²) in [5, 5.41) is 10.5. The molecule has 2 N–H and O–H groups in total. The number of rotatable bonds is 9. The second-order valence-corrected chi connectivity index (χ2v) is 9.82. The largest absolute Gasteiger partial charge is 0.421 e. The normalized spacial score (nSPS) is 18.2. The Hall–Kier alpha value is -2.89. The van der Waals surface area contributed by atoms with Crippen LogP contribution in [0.3, 0.4) is 0 Å². The van der Waals surface area contributed by atoms with Crippen LogP contribution in [0.15, 0.2) is 12.4 Å². The summed E-state index contributed by atoms with van der Waals surface area (Å²) in [6, 6.07) is 0.291. The highest BCUT2D eigenvalue weighted by Gasteiger charge is 2.35. The Morgan fingerprint density at radius 3 is 2.65 bits per heavy atom. The average Bonchev–Trinajstić information content (AvgIpc) is 3.10. The van der Waals surface area contributed by atoms with Gasteiger partial charge < -0.3 is 20.4 Å². The first-order valence-corrected chi connectivity index (χ1v) is 13.3. The van der Waals surface area contributed by atoms with E-state index in [4.69, 9.17) is 0 Å². The second-order valence-electron chi connectivity index (χ2n) is 9.82. The van der Waals surface area contributed by atoms with Crippen molar-refractivity contribution in [2.75, 3.05) is 49.9 Å². The molecule has 0 bridgehead atoms. The number of hydrogen-bond donors (Lipinski definition) is 2. The first-order chi connectivity index (χ1) is 17.7. The minimum atomic E-state index is -4.59. The smallest absolute Gasteiger partial charge is 0.369 e. The summed E-state index contributed by atoms with van der Waals surface area (Å²) < 4.78 is 42.8. The van der Waals surface area contributed by atoms with Gasteiger partial charge in [-0.05, 0) is 45.6 Å². The Bertz CT molecular complexity index is 1050. The molecule has 2 aliphatic heterocycles. The van der Waals surface area contributed by atoms with Gasteiger partial charge in [0.2, 0.25) is 11.9 Å².